The monoisotopic (exact) mass is 308 g/mol. The third kappa shape index (κ3) is 3.39. The molecule has 0 spiro atoms. The number of carbonyl (C=O) groups excluding carboxylic acids is 1. The molecule has 1 amide bonds. The summed E-state index contributed by atoms with van der Waals surface area (Å²) in [4.78, 5) is 17.1. The highest BCUT2D eigenvalue weighted by Crippen LogP contribution is 2.18. The lowest BCUT2D eigenvalue weighted by Gasteiger charge is -2.15. The number of hydrogen-bond acceptors (Lipinski definition) is 3. The Morgan fingerprint density at radius 3 is 2.87 bits per heavy atom. The van der Waals surface area contributed by atoms with Crippen molar-refractivity contribution in [2.75, 3.05) is 0 Å². The fourth-order valence-electron chi connectivity index (χ4n) is 2.66. The van der Waals surface area contributed by atoms with Gasteiger partial charge in [0, 0.05) is 23.8 Å². The highest BCUT2D eigenvalue weighted by atomic mass is 16.1. The largest absolute Gasteiger partial charge is 0.348 e. The van der Waals surface area contributed by atoms with E-state index in [4.69, 9.17) is 0 Å². The van der Waals surface area contributed by atoms with Crippen LogP contribution in [-0.4, -0.2) is 26.7 Å². The summed E-state index contributed by atoms with van der Waals surface area (Å²) in [7, 11) is 0. The van der Waals surface area contributed by atoms with Crippen LogP contribution in [0.25, 0.3) is 10.9 Å². The number of hydrogen-bond donors (Lipinski definition) is 1. The number of aromatic nitrogens is 3. The molecule has 118 valence electrons. The maximum Gasteiger partial charge on any atom is 0.253 e. The van der Waals surface area contributed by atoms with E-state index in [1.54, 1.807) is 10.9 Å². The second kappa shape index (κ2) is 6.20. The molecular formula is C18H20N4O. The molecule has 3 aromatic rings. The number of fused-ring (bicyclic) bond motifs is 1. The Hall–Kier alpha value is -2.69. The first-order valence-corrected chi connectivity index (χ1v) is 7.69. The molecule has 0 radical (unpaired) electrons. The number of nitrogens with one attached hydrogen (secondary N) is 1. The van der Waals surface area contributed by atoms with Gasteiger partial charge in [-0.1, -0.05) is 11.6 Å². The first-order chi connectivity index (χ1) is 11.0. The van der Waals surface area contributed by atoms with Gasteiger partial charge in [0.2, 0.25) is 0 Å². The van der Waals surface area contributed by atoms with E-state index >= 15 is 0 Å². The SMILES string of the molecule is Cc1ccc2nc(C)c(C(=O)N[C@H](C)Cn3cccn3)cc2c1. The fraction of sp³-hybridized carbons (Fsp3) is 0.278. The number of pyridine rings is 1. The van der Waals surface area contributed by atoms with Gasteiger partial charge in [0.05, 0.1) is 23.3 Å². The Bertz CT molecular complexity index is 840. The summed E-state index contributed by atoms with van der Waals surface area (Å²) in [6, 6.07) is 9.83. The van der Waals surface area contributed by atoms with Crippen LogP contribution in [0.1, 0.15) is 28.5 Å². The molecule has 1 N–H and O–H groups in total. The van der Waals surface area contributed by atoms with Crippen LogP contribution in [0.15, 0.2) is 42.7 Å². The molecule has 0 saturated heterocycles. The van der Waals surface area contributed by atoms with Gasteiger partial charge in [-0.3, -0.25) is 14.5 Å². The van der Waals surface area contributed by atoms with E-state index in [1.807, 2.05) is 57.3 Å². The summed E-state index contributed by atoms with van der Waals surface area (Å²) in [6.45, 7) is 6.50. The van der Waals surface area contributed by atoms with Crippen LogP contribution in [-0.2, 0) is 6.54 Å². The maximum atomic E-state index is 12.6. The Morgan fingerprint density at radius 2 is 2.13 bits per heavy atom. The summed E-state index contributed by atoms with van der Waals surface area (Å²) in [5.74, 6) is -0.0990. The predicted molar refractivity (Wildman–Crippen MR) is 90.4 cm³/mol. The lowest BCUT2D eigenvalue weighted by Crippen LogP contribution is -2.36. The van der Waals surface area contributed by atoms with Crippen LogP contribution in [0, 0.1) is 13.8 Å². The standard InChI is InChI=1S/C18H20N4O/c1-12-5-6-17-15(9-12)10-16(14(3)21-17)18(23)20-13(2)11-22-8-4-7-19-22/h4-10,13H,11H2,1-3H3,(H,20,23)/t13-/m1/s1. The van der Waals surface area contributed by atoms with Crippen molar-refractivity contribution in [3.8, 4) is 0 Å². The second-order valence-corrected chi connectivity index (χ2v) is 5.92. The number of nitrogens with zero attached hydrogens (tertiary/aromatic N) is 3. The van der Waals surface area contributed by atoms with Crippen LogP contribution >= 0.6 is 0 Å². The minimum atomic E-state index is -0.0990. The number of rotatable bonds is 4. The Labute approximate surface area is 135 Å². The molecule has 2 aromatic heterocycles. The molecule has 5 nitrogen and oxygen atoms in total. The molecule has 5 heteroatoms. The minimum Gasteiger partial charge on any atom is -0.348 e. The molecule has 0 aliphatic carbocycles. The summed E-state index contributed by atoms with van der Waals surface area (Å²) in [5.41, 5.74) is 3.43. The third-order valence-electron chi connectivity index (χ3n) is 3.80. The van der Waals surface area contributed by atoms with E-state index in [2.05, 4.69) is 15.4 Å². The zero-order valence-corrected chi connectivity index (χ0v) is 13.6. The Kier molecular flexibility index (Phi) is 4.10. The number of aryl methyl sites for hydroxylation is 2. The minimum absolute atomic E-state index is 0.0185. The molecule has 3 rings (SSSR count). The van der Waals surface area contributed by atoms with Crippen molar-refractivity contribution in [2.24, 2.45) is 0 Å². The smallest absolute Gasteiger partial charge is 0.253 e. The van der Waals surface area contributed by atoms with Gasteiger partial charge in [-0.2, -0.15) is 5.10 Å². The fourth-order valence-corrected chi connectivity index (χ4v) is 2.66. The highest BCUT2D eigenvalue weighted by Gasteiger charge is 2.14. The average Bonchev–Trinajstić information content (AvgIpc) is 2.99. The van der Waals surface area contributed by atoms with Crippen LogP contribution in [0.2, 0.25) is 0 Å². The topological polar surface area (TPSA) is 59.8 Å². The van der Waals surface area contributed by atoms with Crippen molar-refractivity contribution < 1.29 is 4.79 Å². The first kappa shape index (κ1) is 15.2. The second-order valence-electron chi connectivity index (χ2n) is 5.92. The molecular weight excluding hydrogens is 288 g/mol. The Morgan fingerprint density at radius 1 is 1.30 bits per heavy atom. The van der Waals surface area contributed by atoms with Gasteiger partial charge in [-0.05, 0) is 45.0 Å². The summed E-state index contributed by atoms with van der Waals surface area (Å²) in [6.07, 6.45) is 3.61. The zero-order chi connectivity index (χ0) is 16.4. The molecule has 0 saturated carbocycles. The van der Waals surface area contributed by atoms with Gasteiger partial charge in [-0.15, -0.1) is 0 Å². The van der Waals surface area contributed by atoms with Gasteiger partial charge < -0.3 is 5.32 Å². The average molecular weight is 308 g/mol. The quantitative estimate of drug-likeness (QED) is 0.806. The highest BCUT2D eigenvalue weighted by molar-refractivity contribution is 5.98. The lowest BCUT2D eigenvalue weighted by atomic mass is 10.1. The van der Waals surface area contributed by atoms with Crippen molar-refractivity contribution in [3.63, 3.8) is 0 Å². The molecule has 0 unspecified atom stereocenters. The summed E-state index contributed by atoms with van der Waals surface area (Å²) in [5, 5.41) is 8.16. The van der Waals surface area contributed by atoms with Gasteiger partial charge in [0.1, 0.15) is 0 Å². The molecule has 0 fully saturated rings. The normalized spacial score (nSPS) is 12.3. The van der Waals surface area contributed by atoms with Crippen molar-refractivity contribution in [1.29, 1.82) is 0 Å². The van der Waals surface area contributed by atoms with E-state index < -0.39 is 0 Å². The summed E-state index contributed by atoms with van der Waals surface area (Å²) < 4.78 is 1.81. The lowest BCUT2D eigenvalue weighted by molar-refractivity contribution is 0.0935. The Balaban J connectivity index is 1.81. The first-order valence-electron chi connectivity index (χ1n) is 7.69. The van der Waals surface area contributed by atoms with E-state index in [0.29, 0.717) is 12.1 Å². The van der Waals surface area contributed by atoms with Crippen molar-refractivity contribution in [1.82, 2.24) is 20.1 Å². The van der Waals surface area contributed by atoms with E-state index in [1.165, 1.54) is 0 Å². The molecule has 1 aromatic carbocycles. The van der Waals surface area contributed by atoms with E-state index in [0.717, 1.165) is 22.2 Å². The van der Waals surface area contributed by atoms with Gasteiger partial charge in [0.25, 0.3) is 5.91 Å². The number of benzene rings is 1. The van der Waals surface area contributed by atoms with Crippen LogP contribution in [0.4, 0.5) is 0 Å². The van der Waals surface area contributed by atoms with Gasteiger partial charge in [-0.25, -0.2) is 0 Å². The van der Waals surface area contributed by atoms with Crippen molar-refractivity contribution in [2.45, 2.75) is 33.4 Å². The van der Waals surface area contributed by atoms with Crippen molar-refractivity contribution >= 4 is 16.8 Å². The number of carbonyl (C=O) groups is 1. The third-order valence-corrected chi connectivity index (χ3v) is 3.80. The number of amides is 1. The maximum absolute atomic E-state index is 12.6. The summed E-state index contributed by atoms with van der Waals surface area (Å²) >= 11 is 0. The molecule has 2 heterocycles. The molecule has 0 aliphatic heterocycles. The van der Waals surface area contributed by atoms with Crippen molar-refractivity contribution in [3.05, 3.63) is 59.5 Å². The molecule has 0 bridgehead atoms. The molecule has 1 atom stereocenters. The van der Waals surface area contributed by atoms with Crippen LogP contribution in [0.3, 0.4) is 0 Å². The van der Waals surface area contributed by atoms with Crippen LogP contribution in [0.5, 0.6) is 0 Å². The van der Waals surface area contributed by atoms with Crippen LogP contribution < -0.4 is 5.32 Å². The predicted octanol–water partition coefficient (Wildman–Crippen LogP) is 2.87. The van der Waals surface area contributed by atoms with E-state index in [-0.39, 0.29) is 11.9 Å². The van der Waals surface area contributed by atoms with Gasteiger partial charge >= 0.3 is 0 Å². The van der Waals surface area contributed by atoms with Gasteiger partial charge in [0.15, 0.2) is 0 Å². The molecule has 0 aliphatic rings. The molecule has 23 heavy (non-hydrogen) atoms. The van der Waals surface area contributed by atoms with E-state index in [9.17, 15) is 4.79 Å². The zero-order valence-electron chi connectivity index (χ0n) is 13.6.